The van der Waals surface area contributed by atoms with Crippen molar-refractivity contribution in [2.24, 2.45) is 5.92 Å². The van der Waals surface area contributed by atoms with Crippen molar-refractivity contribution < 1.29 is 13.6 Å². The van der Waals surface area contributed by atoms with E-state index in [9.17, 15) is 13.6 Å². The normalized spacial score (nSPS) is 17.9. The number of hydrogen-bond donors (Lipinski definition) is 1. The number of halogens is 3. The van der Waals surface area contributed by atoms with Crippen LogP contribution < -0.4 is 5.32 Å². The fraction of sp³-hybridized carbons (Fsp3) is 0.381. The number of rotatable bonds is 5. The molecule has 146 valence electrons. The molecule has 1 aliphatic rings. The molecule has 2 atom stereocenters. The van der Waals surface area contributed by atoms with Gasteiger partial charge in [0.05, 0.1) is 6.04 Å². The number of carbonyl (C=O) groups excluding carboxylic acids is 1. The molecule has 0 bridgehead atoms. The van der Waals surface area contributed by atoms with E-state index in [2.05, 4.69) is 5.32 Å². The van der Waals surface area contributed by atoms with Crippen molar-refractivity contribution in [1.82, 2.24) is 10.2 Å². The van der Waals surface area contributed by atoms with Crippen LogP contribution in [0.5, 0.6) is 0 Å². The van der Waals surface area contributed by atoms with E-state index in [0.29, 0.717) is 31.5 Å². The third kappa shape index (κ3) is 5.27. The van der Waals surface area contributed by atoms with Gasteiger partial charge < -0.3 is 10.2 Å². The first-order valence-electron chi connectivity index (χ1n) is 9.06. The van der Waals surface area contributed by atoms with Crippen molar-refractivity contribution >= 4 is 18.3 Å². The van der Waals surface area contributed by atoms with Crippen LogP contribution in [-0.4, -0.2) is 30.4 Å². The second kappa shape index (κ2) is 9.81. The first-order valence-corrected chi connectivity index (χ1v) is 9.06. The fourth-order valence-electron chi connectivity index (χ4n) is 3.46. The van der Waals surface area contributed by atoms with Crippen LogP contribution in [0.4, 0.5) is 8.78 Å². The molecule has 1 saturated heterocycles. The number of benzene rings is 2. The Labute approximate surface area is 165 Å². The van der Waals surface area contributed by atoms with Crippen molar-refractivity contribution in [2.75, 3.05) is 19.6 Å². The summed E-state index contributed by atoms with van der Waals surface area (Å²) in [7, 11) is 0. The predicted octanol–water partition coefficient (Wildman–Crippen LogP) is 4.13. The maximum atomic E-state index is 13.8. The molecule has 0 radical (unpaired) electrons. The molecule has 0 spiro atoms. The molecule has 2 unspecified atom stereocenters. The van der Waals surface area contributed by atoms with Gasteiger partial charge in [0.15, 0.2) is 0 Å². The van der Waals surface area contributed by atoms with E-state index >= 15 is 0 Å². The minimum Gasteiger partial charge on any atom is -0.333 e. The minimum absolute atomic E-state index is 0. The highest BCUT2D eigenvalue weighted by Gasteiger charge is 2.30. The fourth-order valence-corrected chi connectivity index (χ4v) is 3.46. The van der Waals surface area contributed by atoms with Gasteiger partial charge in [-0.25, -0.2) is 8.78 Å². The number of piperazine rings is 1. The second-order valence-corrected chi connectivity index (χ2v) is 6.84. The zero-order valence-electron chi connectivity index (χ0n) is 15.3. The summed E-state index contributed by atoms with van der Waals surface area (Å²) in [6, 6.07) is 12.9. The Hall–Kier alpha value is -1.98. The molecule has 2 aromatic carbocycles. The van der Waals surface area contributed by atoms with E-state index in [1.54, 1.807) is 24.3 Å². The minimum atomic E-state index is -0.298. The van der Waals surface area contributed by atoms with Crippen LogP contribution in [0.3, 0.4) is 0 Å². The van der Waals surface area contributed by atoms with Crippen molar-refractivity contribution in [2.45, 2.75) is 25.8 Å². The summed E-state index contributed by atoms with van der Waals surface area (Å²) in [5, 5.41) is 3.28. The molecule has 1 amide bonds. The van der Waals surface area contributed by atoms with Crippen LogP contribution in [0.15, 0.2) is 48.5 Å². The van der Waals surface area contributed by atoms with Crippen molar-refractivity contribution in [1.29, 1.82) is 0 Å². The van der Waals surface area contributed by atoms with Gasteiger partial charge >= 0.3 is 0 Å². The van der Waals surface area contributed by atoms with Gasteiger partial charge in [-0.3, -0.25) is 4.79 Å². The third-order valence-corrected chi connectivity index (χ3v) is 4.99. The lowest BCUT2D eigenvalue weighted by atomic mass is 9.96. The molecule has 1 aliphatic heterocycles. The Kier molecular flexibility index (Phi) is 7.75. The van der Waals surface area contributed by atoms with Gasteiger partial charge in [0.1, 0.15) is 11.6 Å². The molecule has 0 aliphatic carbocycles. The molecule has 1 N–H and O–H groups in total. The van der Waals surface area contributed by atoms with Gasteiger partial charge in [0.2, 0.25) is 5.91 Å². The number of nitrogens with zero attached hydrogens (tertiary/aromatic N) is 1. The summed E-state index contributed by atoms with van der Waals surface area (Å²) >= 11 is 0. The Morgan fingerprint density at radius 3 is 2.74 bits per heavy atom. The SMILES string of the molecule is CC(CCc1ccccc1F)C(=O)N1CCNCC1c1cccc(F)c1.Cl. The second-order valence-electron chi connectivity index (χ2n) is 6.84. The van der Waals surface area contributed by atoms with E-state index in [1.165, 1.54) is 18.2 Å². The van der Waals surface area contributed by atoms with Crippen LogP contribution in [0.25, 0.3) is 0 Å². The Morgan fingerprint density at radius 2 is 2.00 bits per heavy atom. The number of carbonyl (C=O) groups is 1. The topological polar surface area (TPSA) is 32.3 Å². The van der Waals surface area contributed by atoms with Gasteiger partial charge in [0, 0.05) is 25.6 Å². The number of hydrogen-bond acceptors (Lipinski definition) is 2. The maximum Gasteiger partial charge on any atom is 0.226 e. The summed E-state index contributed by atoms with van der Waals surface area (Å²) in [5.74, 6) is -0.708. The standard InChI is InChI=1S/C21H24F2N2O.ClH/c1-15(9-10-16-5-2-3-8-19(16)23)21(26)25-12-11-24-14-20(25)17-6-4-7-18(22)13-17;/h2-8,13,15,20,24H,9-12,14H2,1H3;1H. The van der Waals surface area contributed by atoms with Gasteiger partial charge in [-0.2, -0.15) is 0 Å². The molecular weight excluding hydrogens is 370 g/mol. The van der Waals surface area contributed by atoms with E-state index in [0.717, 1.165) is 12.1 Å². The molecule has 1 fully saturated rings. The Balaban J connectivity index is 0.00000261. The quantitative estimate of drug-likeness (QED) is 0.827. The predicted molar refractivity (Wildman–Crippen MR) is 105 cm³/mol. The molecule has 27 heavy (non-hydrogen) atoms. The maximum absolute atomic E-state index is 13.8. The van der Waals surface area contributed by atoms with E-state index in [1.807, 2.05) is 17.9 Å². The number of aryl methyl sites for hydroxylation is 1. The highest BCUT2D eigenvalue weighted by Crippen LogP contribution is 2.26. The molecule has 0 aromatic heterocycles. The van der Waals surface area contributed by atoms with Crippen molar-refractivity contribution in [3.05, 3.63) is 71.3 Å². The summed E-state index contributed by atoms with van der Waals surface area (Å²) in [6.45, 7) is 3.80. The first-order chi connectivity index (χ1) is 12.6. The largest absolute Gasteiger partial charge is 0.333 e. The highest BCUT2D eigenvalue weighted by atomic mass is 35.5. The zero-order valence-corrected chi connectivity index (χ0v) is 16.1. The van der Waals surface area contributed by atoms with Crippen LogP contribution in [0.2, 0.25) is 0 Å². The molecule has 3 nitrogen and oxygen atoms in total. The average molecular weight is 395 g/mol. The summed E-state index contributed by atoms with van der Waals surface area (Å²) in [6.07, 6.45) is 1.11. The van der Waals surface area contributed by atoms with Crippen LogP contribution in [0.1, 0.15) is 30.5 Å². The average Bonchev–Trinajstić information content (AvgIpc) is 2.66. The molecular formula is C21H25ClF2N2O. The monoisotopic (exact) mass is 394 g/mol. The molecule has 1 heterocycles. The van der Waals surface area contributed by atoms with Gasteiger partial charge in [-0.15, -0.1) is 12.4 Å². The summed E-state index contributed by atoms with van der Waals surface area (Å²) in [5.41, 5.74) is 1.43. The number of amides is 1. The Bertz CT molecular complexity index is 771. The van der Waals surface area contributed by atoms with Crippen LogP contribution in [0, 0.1) is 17.6 Å². The van der Waals surface area contributed by atoms with Gasteiger partial charge in [-0.05, 0) is 42.2 Å². The van der Waals surface area contributed by atoms with Crippen molar-refractivity contribution in [3.8, 4) is 0 Å². The van der Waals surface area contributed by atoms with Crippen LogP contribution in [-0.2, 0) is 11.2 Å². The molecule has 6 heteroatoms. The smallest absolute Gasteiger partial charge is 0.226 e. The van der Waals surface area contributed by atoms with Gasteiger partial charge in [-0.1, -0.05) is 37.3 Å². The van der Waals surface area contributed by atoms with E-state index in [-0.39, 0.29) is 41.9 Å². The zero-order chi connectivity index (χ0) is 18.5. The lowest BCUT2D eigenvalue weighted by Gasteiger charge is -2.38. The van der Waals surface area contributed by atoms with Gasteiger partial charge in [0.25, 0.3) is 0 Å². The lowest BCUT2D eigenvalue weighted by molar-refractivity contribution is -0.138. The number of nitrogens with one attached hydrogen (secondary N) is 1. The summed E-state index contributed by atoms with van der Waals surface area (Å²) < 4.78 is 27.4. The lowest BCUT2D eigenvalue weighted by Crippen LogP contribution is -2.50. The van der Waals surface area contributed by atoms with Crippen molar-refractivity contribution in [3.63, 3.8) is 0 Å². The first kappa shape index (κ1) is 21.3. The van der Waals surface area contributed by atoms with E-state index in [4.69, 9.17) is 0 Å². The highest BCUT2D eigenvalue weighted by molar-refractivity contribution is 5.85. The third-order valence-electron chi connectivity index (χ3n) is 4.99. The molecule has 3 rings (SSSR count). The summed E-state index contributed by atoms with van der Waals surface area (Å²) in [4.78, 5) is 14.8. The Morgan fingerprint density at radius 1 is 1.22 bits per heavy atom. The van der Waals surface area contributed by atoms with E-state index < -0.39 is 0 Å². The molecule has 0 saturated carbocycles. The van der Waals surface area contributed by atoms with Crippen LogP contribution >= 0.6 is 12.4 Å². The molecule has 2 aromatic rings.